The number of nitrogens with zero attached hydrogens (tertiary/aromatic N) is 1. The molecule has 0 radical (unpaired) electrons. The molecule has 2 unspecified atom stereocenters. The molecule has 7 nitrogen and oxygen atoms in total. The van der Waals surface area contributed by atoms with E-state index in [9.17, 15) is 18.8 Å². The Morgan fingerprint density at radius 3 is 2.76 bits per heavy atom. The van der Waals surface area contributed by atoms with Crippen molar-refractivity contribution in [3.63, 3.8) is 0 Å². The Morgan fingerprint density at radius 2 is 2.04 bits per heavy atom. The van der Waals surface area contributed by atoms with Crippen LogP contribution in [0.3, 0.4) is 0 Å². The van der Waals surface area contributed by atoms with Gasteiger partial charge in [-0.1, -0.05) is 0 Å². The van der Waals surface area contributed by atoms with E-state index in [1.54, 1.807) is 6.92 Å². The Hall–Kier alpha value is -2.32. The number of nitrogens with one attached hydrogen (secondary N) is 2. The van der Waals surface area contributed by atoms with Crippen LogP contribution in [-0.4, -0.2) is 48.9 Å². The van der Waals surface area contributed by atoms with Gasteiger partial charge in [-0.15, -0.1) is 0 Å². The molecule has 0 saturated carbocycles. The summed E-state index contributed by atoms with van der Waals surface area (Å²) in [6, 6.07) is 3.58. The Balaban J connectivity index is 1.83. The average Bonchev–Trinajstić information content (AvgIpc) is 3.12. The number of carbonyl (C=O) groups is 3. The molecular weight excluding hydrogens is 329 g/mol. The molecule has 3 aliphatic rings. The maximum Gasteiger partial charge on any atom is 0.250 e. The van der Waals surface area contributed by atoms with Crippen molar-refractivity contribution in [3.8, 4) is 0 Å². The van der Waals surface area contributed by atoms with Crippen LogP contribution in [0.25, 0.3) is 0 Å². The van der Waals surface area contributed by atoms with Crippen LogP contribution in [0.4, 0.5) is 10.1 Å². The lowest BCUT2D eigenvalue weighted by molar-refractivity contribution is -0.143. The molecule has 2 fully saturated rings. The van der Waals surface area contributed by atoms with Crippen LogP contribution in [0.5, 0.6) is 0 Å². The van der Waals surface area contributed by atoms with Crippen LogP contribution in [0.15, 0.2) is 18.2 Å². The quantitative estimate of drug-likeness (QED) is 0.764. The molecule has 2 N–H and O–H groups in total. The van der Waals surface area contributed by atoms with Gasteiger partial charge in [-0.2, -0.15) is 0 Å². The number of halogens is 1. The molecule has 8 heteroatoms. The summed E-state index contributed by atoms with van der Waals surface area (Å²) in [6.07, 6.45) is 0. The largest absolute Gasteiger partial charge is 0.383 e. The SMILES string of the molecule is COCCN1C(=O)[C@H]2C(C)NC3(C(=O)Nc4ccc(F)cc43)[C@H]2C1=O. The molecule has 1 spiro atoms. The second kappa shape index (κ2) is 5.34. The summed E-state index contributed by atoms with van der Waals surface area (Å²) in [5.74, 6) is -3.22. The number of methoxy groups -OCH3 is 1. The molecule has 3 amide bonds. The first kappa shape index (κ1) is 16.2. The van der Waals surface area contributed by atoms with Crippen LogP contribution in [-0.2, 0) is 24.7 Å². The topological polar surface area (TPSA) is 87.7 Å². The van der Waals surface area contributed by atoms with E-state index in [1.807, 2.05) is 0 Å². The van der Waals surface area contributed by atoms with Crippen LogP contribution in [0.1, 0.15) is 12.5 Å². The van der Waals surface area contributed by atoms with Crippen LogP contribution >= 0.6 is 0 Å². The van der Waals surface area contributed by atoms with Crippen LogP contribution < -0.4 is 10.6 Å². The van der Waals surface area contributed by atoms with Gasteiger partial charge in [0.1, 0.15) is 11.4 Å². The summed E-state index contributed by atoms with van der Waals surface area (Å²) in [6.45, 7) is 2.13. The summed E-state index contributed by atoms with van der Waals surface area (Å²) >= 11 is 0. The second-order valence-corrected chi connectivity index (χ2v) is 6.71. The number of imide groups is 1. The van der Waals surface area contributed by atoms with Crippen molar-refractivity contribution < 1.29 is 23.5 Å². The van der Waals surface area contributed by atoms with Crippen molar-refractivity contribution in [2.24, 2.45) is 11.8 Å². The van der Waals surface area contributed by atoms with Gasteiger partial charge in [0.05, 0.1) is 25.0 Å². The van der Waals surface area contributed by atoms with E-state index in [4.69, 9.17) is 4.74 Å². The van der Waals surface area contributed by atoms with Crippen LogP contribution in [0, 0.1) is 17.7 Å². The number of amides is 3. The summed E-state index contributed by atoms with van der Waals surface area (Å²) < 4.78 is 18.8. The number of hydrogen-bond donors (Lipinski definition) is 2. The summed E-state index contributed by atoms with van der Waals surface area (Å²) in [7, 11) is 1.49. The Labute approximate surface area is 143 Å². The van der Waals surface area contributed by atoms with Crippen molar-refractivity contribution in [2.75, 3.05) is 25.6 Å². The summed E-state index contributed by atoms with van der Waals surface area (Å²) in [5, 5.41) is 5.83. The smallest absolute Gasteiger partial charge is 0.250 e. The number of carbonyl (C=O) groups excluding carboxylic acids is 3. The molecule has 0 bridgehead atoms. The fourth-order valence-electron chi connectivity index (χ4n) is 4.40. The highest BCUT2D eigenvalue weighted by Crippen LogP contribution is 2.52. The number of rotatable bonds is 3. The Kier molecular flexibility index (Phi) is 3.45. The number of fused-ring (bicyclic) bond motifs is 4. The van der Waals surface area contributed by atoms with E-state index >= 15 is 0 Å². The molecule has 3 heterocycles. The van der Waals surface area contributed by atoms with E-state index < -0.39 is 41.0 Å². The molecular formula is C17H18FN3O4. The first-order chi connectivity index (χ1) is 11.9. The Morgan fingerprint density at radius 1 is 1.28 bits per heavy atom. The lowest BCUT2D eigenvalue weighted by Crippen LogP contribution is -2.53. The average molecular weight is 347 g/mol. The first-order valence-electron chi connectivity index (χ1n) is 8.15. The van der Waals surface area contributed by atoms with Gasteiger partial charge in [-0.05, 0) is 25.1 Å². The van der Waals surface area contributed by atoms with E-state index in [-0.39, 0.29) is 19.1 Å². The second-order valence-electron chi connectivity index (χ2n) is 6.71. The van der Waals surface area contributed by atoms with Gasteiger partial charge >= 0.3 is 0 Å². The maximum atomic E-state index is 13.8. The van der Waals surface area contributed by atoms with Gasteiger partial charge in [0.2, 0.25) is 17.7 Å². The number of ether oxygens (including phenoxy) is 1. The van der Waals surface area contributed by atoms with Gasteiger partial charge in [0.25, 0.3) is 0 Å². The van der Waals surface area contributed by atoms with Gasteiger partial charge in [-0.25, -0.2) is 4.39 Å². The third-order valence-corrected chi connectivity index (χ3v) is 5.43. The highest BCUT2D eigenvalue weighted by atomic mass is 19.1. The molecule has 0 aromatic heterocycles. The molecule has 3 aliphatic heterocycles. The lowest BCUT2D eigenvalue weighted by Gasteiger charge is -2.29. The number of hydrogen-bond acceptors (Lipinski definition) is 5. The molecule has 4 atom stereocenters. The van der Waals surface area contributed by atoms with E-state index in [1.165, 1.54) is 25.3 Å². The summed E-state index contributed by atoms with van der Waals surface area (Å²) in [4.78, 5) is 39.7. The molecule has 25 heavy (non-hydrogen) atoms. The predicted molar refractivity (Wildman–Crippen MR) is 84.9 cm³/mol. The minimum atomic E-state index is -1.42. The van der Waals surface area contributed by atoms with Crippen molar-refractivity contribution in [2.45, 2.75) is 18.5 Å². The zero-order valence-corrected chi connectivity index (χ0v) is 13.8. The fraction of sp³-hybridized carbons (Fsp3) is 0.471. The number of likely N-dealkylation sites (tertiary alicyclic amines) is 1. The Bertz CT molecular complexity index is 798. The van der Waals surface area contributed by atoms with Gasteiger partial charge in [0, 0.05) is 24.4 Å². The first-order valence-corrected chi connectivity index (χ1v) is 8.15. The van der Waals surface area contributed by atoms with Crippen LogP contribution in [0.2, 0.25) is 0 Å². The molecule has 0 aliphatic carbocycles. The van der Waals surface area contributed by atoms with E-state index in [0.29, 0.717) is 11.3 Å². The zero-order chi connectivity index (χ0) is 17.9. The monoisotopic (exact) mass is 347 g/mol. The van der Waals surface area contributed by atoms with Crippen molar-refractivity contribution in [1.82, 2.24) is 10.2 Å². The highest BCUT2D eigenvalue weighted by molar-refractivity contribution is 6.15. The molecule has 1 aromatic rings. The molecule has 1 aromatic carbocycles. The number of anilines is 1. The van der Waals surface area contributed by atoms with Crippen molar-refractivity contribution in [3.05, 3.63) is 29.6 Å². The summed E-state index contributed by atoms with van der Waals surface area (Å²) in [5.41, 5.74) is -0.579. The molecule has 132 valence electrons. The van der Waals surface area contributed by atoms with Gasteiger partial charge in [0.15, 0.2) is 0 Å². The highest BCUT2D eigenvalue weighted by Gasteiger charge is 2.69. The molecule has 4 rings (SSSR count). The van der Waals surface area contributed by atoms with Crippen molar-refractivity contribution >= 4 is 23.4 Å². The predicted octanol–water partition coefficient (Wildman–Crippen LogP) is 0.212. The standard InChI is InChI=1S/C17H18FN3O4/c1-8-12-13(15(23)21(14(12)22)5-6-25-2)17(20-8)10-7-9(18)3-4-11(10)19-16(17)24/h3-4,7-8,12-13,20H,5-6H2,1-2H3,(H,19,24)/t8?,12-,13+,17?/m0/s1. The van der Waals surface area contributed by atoms with Gasteiger partial charge < -0.3 is 10.1 Å². The van der Waals surface area contributed by atoms with E-state index in [0.717, 1.165) is 4.90 Å². The fourth-order valence-corrected chi connectivity index (χ4v) is 4.40. The normalized spacial score (nSPS) is 33.2. The molecule has 2 saturated heterocycles. The minimum Gasteiger partial charge on any atom is -0.383 e. The maximum absolute atomic E-state index is 13.8. The van der Waals surface area contributed by atoms with Crippen molar-refractivity contribution in [1.29, 1.82) is 0 Å². The number of benzene rings is 1. The third-order valence-electron chi connectivity index (χ3n) is 5.43. The third kappa shape index (κ3) is 1.95. The van der Waals surface area contributed by atoms with E-state index in [2.05, 4.69) is 10.6 Å². The lowest BCUT2D eigenvalue weighted by atomic mass is 9.76. The minimum absolute atomic E-state index is 0.140. The zero-order valence-electron chi connectivity index (χ0n) is 13.8. The van der Waals surface area contributed by atoms with Gasteiger partial charge in [-0.3, -0.25) is 24.6 Å².